The van der Waals surface area contributed by atoms with E-state index in [1.165, 1.54) is 12.0 Å². The molecule has 1 nitrogen and oxygen atoms in total. The zero-order valence-corrected chi connectivity index (χ0v) is 7.70. The van der Waals surface area contributed by atoms with E-state index in [1.54, 1.807) is 0 Å². The van der Waals surface area contributed by atoms with Crippen molar-refractivity contribution in [2.24, 2.45) is 5.92 Å². The molecule has 1 aromatic carbocycles. The first kappa shape index (κ1) is 10.7. The Morgan fingerprint density at radius 1 is 1.17 bits per heavy atom. The fourth-order valence-electron chi connectivity index (χ4n) is 1.09. The highest BCUT2D eigenvalue weighted by Crippen LogP contribution is 2.05. The summed E-state index contributed by atoms with van der Waals surface area (Å²) in [6, 6.07) is 10.6. The summed E-state index contributed by atoms with van der Waals surface area (Å²) >= 11 is 0. The molecule has 0 saturated carbocycles. The molecule has 0 bridgehead atoms. The first-order valence-corrected chi connectivity index (χ1v) is 4.09. The molecule has 0 N–H and O–H groups in total. The van der Waals surface area contributed by atoms with Gasteiger partial charge in [-0.05, 0) is 17.9 Å². The van der Waals surface area contributed by atoms with E-state index < -0.39 is 0 Å². The number of hydrogen-bond donors (Lipinski definition) is 0. The highest BCUT2D eigenvalue weighted by atomic mass is 14.2. The predicted octanol–water partition coefficient (Wildman–Crippen LogP) is 3.02. The standard InChI is InChI=1S/C10H14.CHN/c1-9(2)8-10-6-4-3-5-7-10;1-2/h3-7,9H,8H2,1-2H3;1H. The van der Waals surface area contributed by atoms with Crippen LogP contribution in [-0.4, -0.2) is 0 Å². The second-order valence-corrected chi connectivity index (χ2v) is 3.08. The molecule has 0 unspecified atom stereocenters. The monoisotopic (exact) mass is 161 g/mol. The highest BCUT2D eigenvalue weighted by molar-refractivity contribution is 5.14. The maximum Gasteiger partial charge on any atom is 0.0462 e. The van der Waals surface area contributed by atoms with Crippen LogP contribution in [0.5, 0.6) is 0 Å². The topological polar surface area (TPSA) is 23.8 Å². The molecule has 0 spiro atoms. The van der Waals surface area contributed by atoms with Crippen molar-refractivity contribution in [1.82, 2.24) is 0 Å². The molecule has 0 saturated heterocycles. The molecule has 0 aliphatic heterocycles. The fourth-order valence-corrected chi connectivity index (χ4v) is 1.09. The molecule has 0 fully saturated rings. The molecule has 0 amide bonds. The van der Waals surface area contributed by atoms with Gasteiger partial charge in [0.2, 0.25) is 0 Å². The van der Waals surface area contributed by atoms with Gasteiger partial charge in [0.25, 0.3) is 0 Å². The molecule has 12 heavy (non-hydrogen) atoms. The van der Waals surface area contributed by atoms with Crippen molar-refractivity contribution in [1.29, 1.82) is 5.26 Å². The van der Waals surface area contributed by atoms with Crippen LogP contribution in [-0.2, 0) is 6.42 Å². The van der Waals surface area contributed by atoms with Gasteiger partial charge in [0.05, 0.1) is 0 Å². The second kappa shape index (κ2) is 6.42. The Labute approximate surface area is 74.7 Å². The molecular weight excluding hydrogens is 146 g/mol. The van der Waals surface area contributed by atoms with Crippen molar-refractivity contribution < 1.29 is 0 Å². The average molecular weight is 161 g/mol. The zero-order valence-electron chi connectivity index (χ0n) is 7.70. The van der Waals surface area contributed by atoms with Crippen molar-refractivity contribution in [3.05, 3.63) is 35.9 Å². The summed E-state index contributed by atoms with van der Waals surface area (Å²) in [5.41, 5.74) is 1.44. The van der Waals surface area contributed by atoms with Gasteiger partial charge < -0.3 is 0 Å². The molecule has 0 radical (unpaired) electrons. The molecule has 64 valence electrons. The molecule has 0 atom stereocenters. The lowest BCUT2D eigenvalue weighted by Gasteiger charge is -2.02. The van der Waals surface area contributed by atoms with Crippen molar-refractivity contribution in [3.63, 3.8) is 0 Å². The van der Waals surface area contributed by atoms with E-state index in [2.05, 4.69) is 50.8 Å². The van der Waals surface area contributed by atoms with Gasteiger partial charge in [-0.15, -0.1) is 0 Å². The molecule has 1 rings (SSSR count). The normalized spacial score (nSPS) is 8.75. The van der Waals surface area contributed by atoms with Crippen LogP contribution in [0.25, 0.3) is 0 Å². The van der Waals surface area contributed by atoms with Crippen molar-refractivity contribution in [2.45, 2.75) is 20.3 Å². The zero-order chi connectivity index (χ0) is 9.40. The fraction of sp³-hybridized carbons (Fsp3) is 0.364. The second-order valence-electron chi connectivity index (χ2n) is 3.08. The van der Waals surface area contributed by atoms with Gasteiger partial charge in [0, 0.05) is 6.57 Å². The van der Waals surface area contributed by atoms with Crippen LogP contribution in [0.4, 0.5) is 0 Å². The van der Waals surface area contributed by atoms with Gasteiger partial charge in [-0.3, -0.25) is 0 Å². The lowest BCUT2D eigenvalue weighted by atomic mass is 10.0. The van der Waals surface area contributed by atoms with Gasteiger partial charge >= 0.3 is 0 Å². The molecule has 0 aliphatic carbocycles. The first-order valence-electron chi connectivity index (χ1n) is 4.09. The van der Waals surface area contributed by atoms with Crippen LogP contribution in [0.2, 0.25) is 0 Å². The van der Waals surface area contributed by atoms with E-state index in [4.69, 9.17) is 5.26 Å². The lowest BCUT2D eigenvalue weighted by molar-refractivity contribution is 0.647. The summed E-state index contributed by atoms with van der Waals surface area (Å²) in [7, 11) is 0. The molecule has 0 aliphatic rings. The third kappa shape index (κ3) is 4.51. The quantitative estimate of drug-likeness (QED) is 0.654. The Bertz CT molecular complexity index is 211. The largest absolute Gasteiger partial charge is 0.202 e. The summed E-state index contributed by atoms with van der Waals surface area (Å²) < 4.78 is 0. The van der Waals surface area contributed by atoms with Gasteiger partial charge in [-0.25, -0.2) is 5.26 Å². The Morgan fingerprint density at radius 2 is 1.67 bits per heavy atom. The van der Waals surface area contributed by atoms with Crippen LogP contribution in [0.1, 0.15) is 19.4 Å². The van der Waals surface area contributed by atoms with Crippen LogP contribution < -0.4 is 0 Å². The third-order valence-electron chi connectivity index (χ3n) is 1.49. The SMILES string of the molecule is C#N.CC(C)Cc1ccccc1. The number of nitrogens with zero attached hydrogens (tertiary/aromatic N) is 1. The highest BCUT2D eigenvalue weighted by Gasteiger charge is 1.94. The maximum absolute atomic E-state index is 6.50. The molecule has 0 aromatic heterocycles. The van der Waals surface area contributed by atoms with Gasteiger partial charge in [0.1, 0.15) is 0 Å². The molecule has 1 aromatic rings. The Balaban J connectivity index is 0.000000561. The van der Waals surface area contributed by atoms with E-state index in [0.717, 1.165) is 5.92 Å². The molecule has 1 heteroatoms. The summed E-state index contributed by atoms with van der Waals surface area (Å²) in [5.74, 6) is 0.766. The first-order chi connectivity index (χ1) is 5.79. The molecular formula is C11H15N. The van der Waals surface area contributed by atoms with Crippen LogP contribution >= 0.6 is 0 Å². The van der Waals surface area contributed by atoms with Crippen molar-refractivity contribution in [2.75, 3.05) is 0 Å². The summed E-state index contributed by atoms with van der Waals surface area (Å²) in [5, 5.41) is 6.50. The minimum Gasteiger partial charge on any atom is -0.202 e. The van der Waals surface area contributed by atoms with Gasteiger partial charge in [-0.1, -0.05) is 44.2 Å². The maximum atomic E-state index is 6.50. The van der Waals surface area contributed by atoms with E-state index in [-0.39, 0.29) is 0 Å². The van der Waals surface area contributed by atoms with E-state index in [1.807, 2.05) is 0 Å². The van der Waals surface area contributed by atoms with Crippen molar-refractivity contribution in [3.8, 4) is 6.57 Å². The molecule has 0 heterocycles. The summed E-state index contributed by atoms with van der Waals surface area (Å²) in [6.45, 7) is 7.99. The van der Waals surface area contributed by atoms with Crippen LogP contribution in [0, 0.1) is 17.8 Å². The Hall–Kier alpha value is -1.29. The smallest absolute Gasteiger partial charge is 0.0462 e. The van der Waals surface area contributed by atoms with Crippen molar-refractivity contribution >= 4 is 0 Å². The van der Waals surface area contributed by atoms with E-state index in [0.29, 0.717) is 0 Å². The van der Waals surface area contributed by atoms with E-state index >= 15 is 0 Å². The minimum atomic E-state index is 0.766. The van der Waals surface area contributed by atoms with Crippen LogP contribution in [0.3, 0.4) is 0 Å². The summed E-state index contributed by atoms with van der Waals surface area (Å²) in [6.07, 6.45) is 1.20. The summed E-state index contributed by atoms with van der Waals surface area (Å²) in [4.78, 5) is 0. The predicted molar refractivity (Wildman–Crippen MR) is 51.7 cm³/mol. The number of benzene rings is 1. The number of nitriles is 1. The number of rotatable bonds is 2. The Morgan fingerprint density at radius 3 is 2.08 bits per heavy atom. The van der Waals surface area contributed by atoms with Gasteiger partial charge in [0.15, 0.2) is 0 Å². The third-order valence-corrected chi connectivity index (χ3v) is 1.49. The number of hydrogen-bond acceptors (Lipinski definition) is 1. The van der Waals surface area contributed by atoms with Gasteiger partial charge in [-0.2, -0.15) is 0 Å². The van der Waals surface area contributed by atoms with E-state index in [9.17, 15) is 0 Å². The average Bonchev–Trinajstić information content (AvgIpc) is 2.08. The lowest BCUT2D eigenvalue weighted by Crippen LogP contribution is -1.92. The Kier molecular flexibility index (Phi) is 5.73. The minimum absolute atomic E-state index is 0.766. The van der Waals surface area contributed by atoms with Crippen LogP contribution in [0.15, 0.2) is 30.3 Å².